The molecule has 0 aliphatic heterocycles. The van der Waals surface area contributed by atoms with Gasteiger partial charge in [-0.15, -0.1) is 0 Å². The number of rotatable bonds is 9. The second-order valence-corrected chi connectivity index (χ2v) is 6.51. The predicted molar refractivity (Wildman–Crippen MR) is 104 cm³/mol. The Balaban J connectivity index is 1.97. The zero-order valence-corrected chi connectivity index (χ0v) is 15.5. The second kappa shape index (κ2) is 10.1. The molecule has 2 atom stereocenters. The van der Waals surface area contributed by atoms with Crippen LogP contribution in [0.1, 0.15) is 36.9 Å². The van der Waals surface area contributed by atoms with Crippen molar-refractivity contribution >= 4 is 17.7 Å². The highest BCUT2D eigenvalue weighted by Crippen LogP contribution is 2.17. The van der Waals surface area contributed by atoms with E-state index in [1.807, 2.05) is 30.3 Å². The zero-order chi connectivity index (χ0) is 20.5. The van der Waals surface area contributed by atoms with Crippen LogP contribution in [0.4, 0.5) is 10.5 Å². The maximum absolute atomic E-state index is 12.4. The molecule has 1 unspecified atom stereocenters. The highest BCUT2D eigenvalue weighted by atomic mass is 16.6. The van der Waals surface area contributed by atoms with Gasteiger partial charge in [-0.3, -0.25) is 14.9 Å². The van der Waals surface area contributed by atoms with Gasteiger partial charge in [0.05, 0.1) is 11.0 Å². The van der Waals surface area contributed by atoms with E-state index < -0.39 is 16.9 Å². The number of aliphatic carboxylic acids is 1. The van der Waals surface area contributed by atoms with E-state index in [0.29, 0.717) is 12.8 Å². The van der Waals surface area contributed by atoms with Crippen LogP contribution >= 0.6 is 0 Å². The second-order valence-electron chi connectivity index (χ2n) is 6.51. The monoisotopic (exact) mass is 385 g/mol. The van der Waals surface area contributed by atoms with Gasteiger partial charge in [-0.25, -0.2) is 4.79 Å². The van der Waals surface area contributed by atoms with Crippen molar-refractivity contribution in [3.63, 3.8) is 0 Å². The van der Waals surface area contributed by atoms with Crippen molar-refractivity contribution < 1.29 is 19.6 Å². The molecule has 8 nitrogen and oxygen atoms in total. The third-order valence-electron chi connectivity index (χ3n) is 4.32. The molecule has 0 aliphatic carbocycles. The van der Waals surface area contributed by atoms with Gasteiger partial charge < -0.3 is 15.7 Å². The number of benzene rings is 2. The molecule has 0 aromatic heterocycles. The lowest BCUT2D eigenvalue weighted by molar-refractivity contribution is -0.384. The summed E-state index contributed by atoms with van der Waals surface area (Å²) in [4.78, 5) is 33.5. The average molecular weight is 385 g/mol. The molecule has 8 heteroatoms. The van der Waals surface area contributed by atoms with Crippen LogP contribution in [0.2, 0.25) is 0 Å². The number of hydrogen-bond donors (Lipinski definition) is 3. The first kappa shape index (κ1) is 20.9. The summed E-state index contributed by atoms with van der Waals surface area (Å²) >= 11 is 0. The minimum Gasteiger partial charge on any atom is -0.481 e. The molecule has 0 radical (unpaired) electrons. The molecule has 2 aromatic carbocycles. The average Bonchev–Trinajstić information content (AvgIpc) is 2.66. The van der Waals surface area contributed by atoms with Crippen LogP contribution in [0.5, 0.6) is 0 Å². The highest BCUT2D eigenvalue weighted by molar-refractivity contribution is 5.75. The first-order valence-electron chi connectivity index (χ1n) is 8.92. The molecule has 3 N–H and O–H groups in total. The summed E-state index contributed by atoms with van der Waals surface area (Å²) < 4.78 is 0. The number of non-ortho nitro benzene ring substituents is 1. The van der Waals surface area contributed by atoms with E-state index in [4.69, 9.17) is 5.11 Å². The number of carboxylic acids is 1. The van der Waals surface area contributed by atoms with E-state index in [1.54, 1.807) is 19.1 Å². The van der Waals surface area contributed by atoms with E-state index in [2.05, 4.69) is 10.6 Å². The predicted octanol–water partition coefficient (Wildman–Crippen LogP) is 3.43. The van der Waals surface area contributed by atoms with E-state index in [-0.39, 0.29) is 24.2 Å². The summed E-state index contributed by atoms with van der Waals surface area (Å²) in [6.07, 6.45) is 0.784. The summed E-state index contributed by atoms with van der Waals surface area (Å²) in [5.41, 5.74) is 1.71. The van der Waals surface area contributed by atoms with Gasteiger partial charge in [-0.1, -0.05) is 42.5 Å². The molecule has 0 heterocycles. The van der Waals surface area contributed by atoms with Gasteiger partial charge in [-0.05, 0) is 30.9 Å². The summed E-state index contributed by atoms with van der Waals surface area (Å²) in [5.74, 6) is -0.917. The van der Waals surface area contributed by atoms with Gasteiger partial charge in [0.15, 0.2) is 0 Å². The Bertz CT molecular complexity index is 808. The molecule has 0 bridgehead atoms. The SMILES string of the molecule is C[C@H](NC(=O)NC(CCC(=O)O)Cc1ccccc1)c1ccc([N+](=O)[O-])cc1. The smallest absolute Gasteiger partial charge is 0.315 e. The largest absolute Gasteiger partial charge is 0.481 e. The molecule has 28 heavy (non-hydrogen) atoms. The number of carboxylic acid groups (broad SMARTS) is 1. The number of urea groups is 1. The molecular formula is C20H23N3O5. The van der Waals surface area contributed by atoms with Gasteiger partial charge >= 0.3 is 12.0 Å². The van der Waals surface area contributed by atoms with Crippen molar-refractivity contribution in [3.05, 3.63) is 75.8 Å². The number of nitro benzene ring substituents is 1. The van der Waals surface area contributed by atoms with Crippen molar-refractivity contribution in [1.82, 2.24) is 10.6 Å². The Morgan fingerprint density at radius 3 is 2.29 bits per heavy atom. The van der Waals surface area contributed by atoms with Crippen LogP contribution in [-0.2, 0) is 11.2 Å². The molecule has 0 saturated carbocycles. The molecule has 2 amide bonds. The zero-order valence-electron chi connectivity index (χ0n) is 15.5. The number of hydrogen-bond acceptors (Lipinski definition) is 4. The molecule has 2 rings (SSSR count). The summed E-state index contributed by atoms with van der Waals surface area (Å²) in [6.45, 7) is 1.77. The maximum Gasteiger partial charge on any atom is 0.315 e. The fourth-order valence-corrected chi connectivity index (χ4v) is 2.81. The van der Waals surface area contributed by atoms with Crippen molar-refractivity contribution in [2.24, 2.45) is 0 Å². The topological polar surface area (TPSA) is 122 Å². The normalized spacial score (nSPS) is 12.6. The van der Waals surface area contributed by atoms with Crippen molar-refractivity contribution in [2.75, 3.05) is 0 Å². The van der Waals surface area contributed by atoms with Crippen LogP contribution < -0.4 is 10.6 Å². The molecule has 2 aromatic rings. The lowest BCUT2D eigenvalue weighted by atomic mass is 10.0. The number of carbonyl (C=O) groups excluding carboxylic acids is 1. The number of amides is 2. The van der Waals surface area contributed by atoms with E-state index in [9.17, 15) is 19.7 Å². The van der Waals surface area contributed by atoms with Crippen molar-refractivity contribution in [2.45, 2.75) is 38.3 Å². The van der Waals surface area contributed by atoms with E-state index in [0.717, 1.165) is 11.1 Å². The molecule has 0 aliphatic rings. The quantitative estimate of drug-likeness (QED) is 0.451. The Morgan fingerprint density at radius 1 is 1.07 bits per heavy atom. The van der Waals surface area contributed by atoms with E-state index >= 15 is 0 Å². The Kier molecular flexibility index (Phi) is 7.50. The summed E-state index contributed by atoms with van der Waals surface area (Å²) in [5, 5.41) is 25.3. The lowest BCUT2D eigenvalue weighted by Crippen LogP contribution is -2.44. The van der Waals surface area contributed by atoms with Gasteiger partial charge in [0.25, 0.3) is 5.69 Å². The van der Waals surface area contributed by atoms with Crippen LogP contribution in [0.15, 0.2) is 54.6 Å². The van der Waals surface area contributed by atoms with Gasteiger partial charge in [0, 0.05) is 24.6 Å². The fraction of sp³-hybridized carbons (Fsp3) is 0.300. The van der Waals surface area contributed by atoms with Gasteiger partial charge in [0.1, 0.15) is 0 Å². The Morgan fingerprint density at radius 2 is 1.71 bits per heavy atom. The van der Waals surface area contributed by atoms with E-state index in [1.165, 1.54) is 12.1 Å². The molecule has 0 saturated heterocycles. The standard InChI is InChI=1S/C20H23N3O5/c1-14(16-7-10-18(11-8-16)23(27)28)21-20(26)22-17(9-12-19(24)25)13-15-5-3-2-4-6-15/h2-8,10-11,14,17H,9,12-13H2,1H3,(H,24,25)(H2,21,22,26)/t14-,17?/m0/s1. The number of nitrogens with one attached hydrogen (secondary N) is 2. The maximum atomic E-state index is 12.4. The minimum atomic E-state index is -0.917. The first-order valence-corrected chi connectivity index (χ1v) is 8.92. The van der Waals surface area contributed by atoms with Gasteiger partial charge in [0.2, 0.25) is 0 Å². The van der Waals surface area contributed by atoms with Crippen LogP contribution in [0.25, 0.3) is 0 Å². The summed E-state index contributed by atoms with van der Waals surface area (Å²) in [6, 6.07) is 14.4. The molecule has 0 fully saturated rings. The van der Waals surface area contributed by atoms with Crippen LogP contribution in [-0.4, -0.2) is 28.1 Å². The Hall–Kier alpha value is -3.42. The minimum absolute atomic E-state index is 0.0167. The van der Waals surface area contributed by atoms with Crippen molar-refractivity contribution in [3.8, 4) is 0 Å². The number of nitrogens with zero attached hydrogens (tertiary/aromatic N) is 1. The summed E-state index contributed by atoms with van der Waals surface area (Å²) in [7, 11) is 0. The fourth-order valence-electron chi connectivity index (χ4n) is 2.81. The number of nitro groups is 1. The number of carbonyl (C=O) groups is 2. The van der Waals surface area contributed by atoms with Crippen LogP contribution in [0, 0.1) is 10.1 Å². The first-order chi connectivity index (χ1) is 13.3. The third kappa shape index (κ3) is 6.71. The third-order valence-corrected chi connectivity index (χ3v) is 4.32. The highest BCUT2D eigenvalue weighted by Gasteiger charge is 2.17. The molecule has 0 spiro atoms. The van der Waals surface area contributed by atoms with Gasteiger partial charge in [-0.2, -0.15) is 0 Å². The Labute approximate surface area is 162 Å². The van der Waals surface area contributed by atoms with Crippen molar-refractivity contribution in [1.29, 1.82) is 0 Å². The molecular weight excluding hydrogens is 362 g/mol. The van der Waals surface area contributed by atoms with Crippen LogP contribution in [0.3, 0.4) is 0 Å². The lowest BCUT2D eigenvalue weighted by Gasteiger charge is -2.21. The molecule has 148 valence electrons.